The molecule has 0 aliphatic heterocycles. The van der Waals surface area contributed by atoms with Crippen LogP contribution < -0.4 is 4.90 Å². The summed E-state index contributed by atoms with van der Waals surface area (Å²) >= 11 is 0. The molecule has 1 aromatic carbocycles. The van der Waals surface area contributed by atoms with Crippen molar-refractivity contribution >= 4 is 22.4 Å². The van der Waals surface area contributed by atoms with Crippen molar-refractivity contribution in [2.24, 2.45) is 0 Å². The average molecular weight is 339 g/mol. The molecular formula is C17H17N5O3. The van der Waals surface area contributed by atoms with Crippen molar-refractivity contribution in [1.82, 2.24) is 15.3 Å². The summed E-state index contributed by atoms with van der Waals surface area (Å²) in [6.07, 6.45) is 7.80. The molecule has 0 atom stereocenters. The van der Waals surface area contributed by atoms with Gasteiger partial charge < -0.3 is 4.90 Å². The van der Waals surface area contributed by atoms with E-state index in [-0.39, 0.29) is 17.2 Å². The molecule has 0 bridgehead atoms. The van der Waals surface area contributed by atoms with Gasteiger partial charge in [-0.3, -0.25) is 15.1 Å². The number of nitrogens with zero attached hydrogens (tertiary/aromatic N) is 5. The van der Waals surface area contributed by atoms with Crippen LogP contribution in [0.15, 0.2) is 41.3 Å². The second kappa shape index (κ2) is 6.46. The highest BCUT2D eigenvalue weighted by molar-refractivity contribution is 5.91. The Morgan fingerprint density at radius 3 is 2.64 bits per heavy atom. The van der Waals surface area contributed by atoms with E-state index in [0.717, 1.165) is 31.2 Å². The minimum Gasteiger partial charge on any atom is -0.359 e. The maximum atomic E-state index is 11.8. The van der Waals surface area contributed by atoms with E-state index in [1.54, 1.807) is 24.5 Å². The standard InChI is InChI=1S/C17H17N5O3/c23-22(24)17-15(6-5-14-16(17)20-25-19-14)21(13-3-1-2-4-13)11-12-7-9-18-10-8-12/h5-10,13H,1-4,11H2. The summed E-state index contributed by atoms with van der Waals surface area (Å²) < 4.78 is 4.70. The third-order valence-corrected chi connectivity index (χ3v) is 4.74. The van der Waals surface area contributed by atoms with Gasteiger partial charge in [-0.2, -0.15) is 0 Å². The number of nitro benzene ring substituents is 1. The second-order valence-electron chi connectivity index (χ2n) is 6.24. The van der Waals surface area contributed by atoms with Crippen LogP contribution in [-0.2, 0) is 6.54 Å². The summed E-state index contributed by atoms with van der Waals surface area (Å²) in [6.45, 7) is 0.588. The lowest BCUT2D eigenvalue weighted by molar-refractivity contribution is -0.382. The Bertz CT molecular complexity index is 890. The molecule has 1 aliphatic rings. The molecule has 128 valence electrons. The lowest BCUT2D eigenvalue weighted by atomic mass is 10.1. The van der Waals surface area contributed by atoms with Crippen molar-refractivity contribution in [2.75, 3.05) is 4.90 Å². The van der Waals surface area contributed by atoms with Gasteiger partial charge in [0.2, 0.25) is 5.52 Å². The number of fused-ring (bicyclic) bond motifs is 1. The summed E-state index contributed by atoms with van der Waals surface area (Å²) in [5, 5.41) is 19.2. The van der Waals surface area contributed by atoms with E-state index in [1.165, 1.54) is 0 Å². The molecule has 3 aromatic rings. The maximum absolute atomic E-state index is 11.8. The van der Waals surface area contributed by atoms with Crippen molar-refractivity contribution in [3.8, 4) is 0 Å². The highest BCUT2D eigenvalue weighted by Crippen LogP contribution is 2.38. The first-order chi connectivity index (χ1) is 12.2. The Labute approximate surface area is 143 Å². The van der Waals surface area contributed by atoms with Crippen LogP contribution >= 0.6 is 0 Å². The molecule has 0 spiro atoms. The van der Waals surface area contributed by atoms with Gasteiger partial charge in [0.15, 0.2) is 0 Å². The van der Waals surface area contributed by atoms with E-state index in [9.17, 15) is 10.1 Å². The summed E-state index contributed by atoms with van der Waals surface area (Å²) in [7, 11) is 0. The molecule has 0 unspecified atom stereocenters. The molecule has 25 heavy (non-hydrogen) atoms. The number of hydrogen-bond donors (Lipinski definition) is 0. The number of anilines is 1. The topological polar surface area (TPSA) is 98.2 Å². The van der Waals surface area contributed by atoms with E-state index in [1.807, 2.05) is 12.1 Å². The average Bonchev–Trinajstić information content (AvgIpc) is 3.31. The zero-order valence-electron chi connectivity index (χ0n) is 13.5. The monoisotopic (exact) mass is 339 g/mol. The van der Waals surface area contributed by atoms with Gasteiger partial charge >= 0.3 is 5.69 Å². The molecule has 1 aliphatic carbocycles. The fourth-order valence-corrected chi connectivity index (χ4v) is 3.55. The van der Waals surface area contributed by atoms with Crippen molar-refractivity contribution in [2.45, 2.75) is 38.3 Å². The second-order valence-corrected chi connectivity index (χ2v) is 6.24. The molecule has 1 saturated carbocycles. The lowest BCUT2D eigenvalue weighted by Gasteiger charge is -2.30. The number of aromatic nitrogens is 3. The fourth-order valence-electron chi connectivity index (χ4n) is 3.55. The lowest BCUT2D eigenvalue weighted by Crippen LogP contribution is -2.33. The molecule has 0 radical (unpaired) electrons. The van der Waals surface area contributed by atoms with Crippen LogP contribution in [0, 0.1) is 10.1 Å². The SMILES string of the molecule is O=[N+]([O-])c1c(N(Cc2ccncc2)C2CCCC2)ccc2nonc12. The Kier molecular flexibility index (Phi) is 4.01. The molecule has 0 saturated heterocycles. The zero-order chi connectivity index (χ0) is 17.2. The zero-order valence-corrected chi connectivity index (χ0v) is 13.5. The van der Waals surface area contributed by atoms with Crippen LogP contribution in [0.1, 0.15) is 31.2 Å². The van der Waals surface area contributed by atoms with E-state index in [4.69, 9.17) is 4.63 Å². The molecule has 2 heterocycles. The van der Waals surface area contributed by atoms with Gasteiger partial charge in [0.25, 0.3) is 0 Å². The Balaban J connectivity index is 1.82. The Morgan fingerprint density at radius 1 is 1.16 bits per heavy atom. The first-order valence-corrected chi connectivity index (χ1v) is 8.29. The molecule has 1 fully saturated rings. The molecular weight excluding hydrogens is 322 g/mol. The van der Waals surface area contributed by atoms with Crippen LogP contribution in [0.3, 0.4) is 0 Å². The van der Waals surface area contributed by atoms with Crippen molar-refractivity contribution < 1.29 is 9.55 Å². The number of rotatable bonds is 5. The summed E-state index contributed by atoms with van der Waals surface area (Å²) in [5.74, 6) is 0. The highest BCUT2D eigenvalue weighted by atomic mass is 16.6. The van der Waals surface area contributed by atoms with Crippen LogP contribution in [0.4, 0.5) is 11.4 Å². The summed E-state index contributed by atoms with van der Waals surface area (Å²) in [5.41, 5.74) is 2.18. The minimum atomic E-state index is -0.392. The number of pyridine rings is 1. The van der Waals surface area contributed by atoms with E-state index in [0.29, 0.717) is 17.7 Å². The van der Waals surface area contributed by atoms with Gasteiger partial charge in [-0.05, 0) is 53.0 Å². The van der Waals surface area contributed by atoms with Gasteiger partial charge in [0.1, 0.15) is 11.2 Å². The van der Waals surface area contributed by atoms with Gasteiger partial charge in [0, 0.05) is 25.0 Å². The molecule has 0 amide bonds. The third kappa shape index (κ3) is 2.90. The van der Waals surface area contributed by atoms with Gasteiger partial charge in [-0.15, -0.1) is 0 Å². The molecule has 0 N–H and O–H groups in total. The first kappa shape index (κ1) is 15.5. The molecule has 8 heteroatoms. The number of hydrogen-bond acceptors (Lipinski definition) is 7. The Hall–Kier alpha value is -3.03. The predicted octanol–water partition coefficient (Wildman–Crippen LogP) is 3.48. The summed E-state index contributed by atoms with van der Waals surface area (Å²) in [6, 6.07) is 7.62. The predicted molar refractivity (Wildman–Crippen MR) is 91.1 cm³/mol. The third-order valence-electron chi connectivity index (χ3n) is 4.74. The number of nitro groups is 1. The van der Waals surface area contributed by atoms with E-state index >= 15 is 0 Å². The molecule has 8 nitrogen and oxygen atoms in total. The quantitative estimate of drug-likeness (QED) is 0.518. The van der Waals surface area contributed by atoms with E-state index in [2.05, 4.69) is 20.2 Å². The minimum absolute atomic E-state index is 0.0419. The van der Waals surface area contributed by atoms with Crippen LogP contribution in [0.5, 0.6) is 0 Å². The van der Waals surface area contributed by atoms with Crippen LogP contribution in [-0.4, -0.2) is 26.3 Å². The smallest absolute Gasteiger partial charge is 0.323 e. The molecule has 4 rings (SSSR count). The normalized spacial score (nSPS) is 14.9. The van der Waals surface area contributed by atoms with Crippen molar-refractivity contribution in [1.29, 1.82) is 0 Å². The largest absolute Gasteiger partial charge is 0.359 e. The van der Waals surface area contributed by atoms with Crippen LogP contribution in [0.2, 0.25) is 0 Å². The van der Waals surface area contributed by atoms with Crippen molar-refractivity contribution in [3.63, 3.8) is 0 Å². The van der Waals surface area contributed by atoms with Crippen LogP contribution in [0.25, 0.3) is 11.0 Å². The highest BCUT2D eigenvalue weighted by Gasteiger charge is 2.31. The van der Waals surface area contributed by atoms with E-state index < -0.39 is 4.92 Å². The molecule has 2 aromatic heterocycles. The maximum Gasteiger partial charge on any atom is 0.323 e. The van der Waals surface area contributed by atoms with Gasteiger partial charge in [-0.25, -0.2) is 4.63 Å². The first-order valence-electron chi connectivity index (χ1n) is 8.29. The van der Waals surface area contributed by atoms with Gasteiger partial charge in [0.05, 0.1) is 4.92 Å². The number of benzene rings is 1. The van der Waals surface area contributed by atoms with Crippen molar-refractivity contribution in [3.05, 3.63) is 52.3 Å². The van der Waals surface area contributed by atoms with Gasteiger partial charge in [-0.1, -0.05) is 12.8 Å². The fraction of sp³-hybridized carbons (Fsp3) is 0.353. The Morgan fingerprint density at radius 2 is 1.92 bits per heavy atom. The summed E-state index contributed by atoms with van der Waals surface area (Å²) in [4.78, 5) is 17.5.